The molecule has 158 valence electrons. The maximum atomic E-state index is 12.9. The summed E-state index contributed by atoms with van der Waals surface area (Å²) in [5, 5.41) is 24.4. The number of aryl methyl sites for hydroxylation is 1. The van der Waals surface area contributed by atoms with Gasteiger partial charge in [-0.05, 0) is 44.7 Å². The fourth-order valence-corrected chi connectivity index (χ4v) is 3.99. The van der Waals surface area contributed by atoms with Gasteiger partial charge in [-0.15, -0.1) is 0 Å². The Labute approximate surface area is 181 Å². The van der Waals surface area contributed by atoms with Gasteiger partial charge in [-0.2, -0.15) is 10.4 Å². The molecule has 3 heterocycles. The molecule has 31 heavy (non-hydrogen) atoms. The summed E-state index contributed by atoms with van der Waals surface area (Å²) in [6.07, 6.45) is 2.99. The fraction of sp³-hybridized carbons (Fsp3) is 0.304. The van der Waals surface area contributed by atoms with Gasteiger partial charge in [0.25, 0.3) is 5.91 Å². The molecule has 1 aliphatic heterocycles. The average molecular weight is 416 g/mol. The lowest BCUT2D eigenvalue weighted by Crippen LogP contribution is -2.52. The van der Waals surface area contributed by atoms with E-state index in [2.05, 4.69) is 28.1 Å². The monoisotopic (exact) mass is 416 g/mol. The molecule has 0 radical (unpaired) electrons. The molecule has 1 aliphatic rings. The van der Waals surface area contributed by atoms with Gasteiger partial charge in [-0.1, -0.05) is 12.1 Å². The third kappa shape index (κ3) is 3.88. The molecule has 2 aromatic heterocycles. The van der Waals surface area contributed by atoms with Crippen molar-refractivity contribution in [2.45, 2.75) is 19.9 Å². The van der Waals surface area contributed by atoms with Crippen LogP contribution in [0, 0.1) is 18.3 Å². The summed E-state index contributed by atoms with van der Waals surface area (Å²) in [6, 6.07) is 11.1. The molecule has 1 N–H and O–H groups in total. The second-order valence-corrected chi connectivity index (χ2v) is 7.93. The number of amides is 1. The highest BCUT2D eigenvalue weighted by molar-refractivity contribution is 5.94. The molecule has 0 unspecified atom stereocenters. The number of benzene rings is 1. The number of rotatable bonds is 3. The zero-order valence-electron chi connectivity index (χ0n) is 17.8. The van der Waals surface area contributed by atoms with Gasteiger partial charge in [0.1, 0.15) is 5.69 Å². The average Bonchev–Trinajstić information content (AvgIpc) is 3.14. The molecule has 0 aliphatic carbocycles. The largest absolute Gasteiger partial charge is 0.504 e. The van der Waals surface area contributed by atoms with E-state index in [0.717, 1.165) is 18.7 Å². The van der Waals surface area contributed by atoms with Crippen LogP contribution in [0.15, 0.2) is 42.7 Å². The van der Waals surface area contributed by atoms with Crippen molar-refractivity contribution in [2.75, 3.05) is 26.7 Å². The van der Waals surface area contributed by atoms with Gasteiger partial charge < -0.3 is 14.9 Å². The Hall–Kier alpha value is -3.70. The SMILES string of the molecule is Cc1cccc(C#N)c1-c1nn(-c2ccc(C(=O)N3CCN(C)C[C@@H]3C)cn2)cc1O. The fourth-order valence-electron chi connectivity index (χ4n) is 3.99. The van der Waals surface area contributed by atoms with Crippen LogP contribution in [0.5, 0.6) is 5.75 Å². The third-order valence-corrected chi connectivity index (χ3v) is 5.65. The van der Waals surface area contributed by atoms with Crippen molar-refractivity contribution in [2.24, 2.45) is 0 Å². The number of nitriles is 1. The van der Waals surface area contributed by atoms with Crippen molar-refractivity contribution in [1.29, 1.82) is 5.26 Å². The zero-order chi connectivity index (χ0) is 22.1. The second kappa shape index (κ2) is 8.20. The zero-order valence-corrected chi connectivity index (χ0v) is 17.8. The highest BCUT2D eigenvalue weighted by Gasteiger charge is 2.26. The van der Waals surface area contributed by atoms with E-state index in [4.69, 9.17) is 0 Å². The summed E-state index contributed by atoms with van der Waals surface area (Å²) in [7, 11) is 2.05. The van der Waals surface area contributed by atoms with Crippen molar-refractivity contribution >= 4 is 5.91 Å². The van der Waals surface area contributed by atoms with Crippen molar-refractivity contribution in [3.63, 3.8) is 0 Å². The molecule has 0 spiro atoms. The van der Waals surface area contributed by atoms with Crippen molar-refractivity contribution in [3.05, 3.63) is 59.4 Å². The highest BCUT2D eigenvalue weighted by atomic mass is 16.3. The highest BCUT2D eigenvalue weighted by Crippen LogP contribution is 2.33. The minimum absolute atomic E-state index is 0.0396. The lowest BCUT2D eigenvalue weighted by molar-refractivity contribution is 0.0533. The number of carbonyl (C=O) groups excluding carboxylic acids is 1. The molecule has 8 heteroatoms. The standard InChI is InChI=1S/C23H24N6O2/c1-15-5-4-6-17(11-24)21(15)22-19(30)14-29(26-22)20-8-7-18(12-25-20)23(31)28-10-9-27(3)13-16(28)2/h4-8,12,14,16,30H,9-10,13H2,1-3H3/t16-/m0/s1. The van der Waals surface area contributed by atoms with Crippen LogP contribution in [0.4, 0.5) is 0 Å². The van der Waals surface area contributed by atoms with E-state index in [9.17, 15) is 15.2 Å². The van der Waals surface area contributed by atoms with E-state index in [1.54, 1.807) is 24.3 Å². The Morgan fingerprint density at radius 1 is 1.26 bits per heavy atom. The summed E-state index contributed by atoms with van der Waals surface area (Å²) in [6.45, 7) is 6.29. The third-order valence-electron chi connectivity index (χ3n) is 5.65. The summed E-state index contributed by atoms with van der Waals surface area (Å²) < 4.78 is 1.45. The molecule has 3 aromatic rings. The molecule has 1 saturated heterocycles. The summed E-state index contributed by atoms with van der Waals surface area (Å²) in [5.41, 5.74) is 2.72. The number of carbonyl (C=O) groups is 1. The van der Waals surface area contributed by atoms with Crippen LogP contribution in [-0.2, 0) is 0 Å². The Kier molecular flexibility index (Phi) is 5.44. The van der Waals surface area contributed by atoms with E-state index in [1.165, 1.54) is 17.1 Å². The molecule has 0 saturated carbocycles. The number of aromatic hydroxyl groups is 1. The van der Waals surface area contributed by atoms with Crippen LogP contribution >= 0.6 is 0 Å². The first kappa shape index (κ1) is 20.6. The van der Waals surface area contributed by atoms with Gasteiger partial charge in [0.05, 0.1) is 23.4 Å². The van der Waals surface area contributed by atoms with Gasteiger partial charge in [0, 0.05) is 37.4 Å². The van der Waals surface area contributed by atoms with E-state index >= 15 is 0 Å². The minimum Gasteiger partial charge on any atom is -0.504 e. The normalized spacial score (nSPS) is 16.8. The van der Waals surface area contributed by atoms with Crippen molar-refractivity contribution in [1.82, 2.24) is 24.6 Å². The van der Waals surface area contributed by atoms with E-state index < -0.39 is 0 Å². The first-order chi connectivity index (χ1) is 14.9. The number of nitrogens with zero attached hydrogens (tertiary/aromatic N) is 6. The number of pyridine rings is 1. The Morgan fingerprint density at radius 2 is 2.06 bits per heavy atom. The molecule has 1 aromatic carbocycles. The summed E-state index contributed by atoms with van der Waals surface area (Å²) in [4.78, 5) is 21.4. The van der Waals surface area contributed by atoms with E-state index in [0.29, 0.717) is 34.7 Å². The number of piperazine rings is 1. The van der Waals surface area contributed by atoms with Crippen LogP contribution in [-0.4, -0.2) is 68.3 Å². The van der Waals surface area contributed by atoms with Crippen molar-refractivity contribution in [3.8, 4) is 28.9 Å². The van der Waals surface area contributed by atoms with Crippen LogP contribution in [0.3, 0.4) is 0 Å². The maximum absolute atomic E-state index is 12.9. The first-order valence-corrected chi connectivity index (χ1v) is 10.1. The molecular formula is C23H24N6O2. The predicted octanol–water partition coefficient (Wildman–Crippen LogP) is 2.60. The smallest absolute Gasteiger partial charge is 0.255 e. The van der Waals surface area contributed by atoms with Crippen molar-refractivity contribution < 1.29 is 9.90 Å². The summed E-state index contributed by atoms with van der Waals surface area (Å²) >= 11 is 0. The number of hydrogen-bond donors (Lipinski definition) is 1. The Morgan fingerprint density at radius 3 is 2.74 bits per heavy atom. The topological polar surface area (TPSA) is 98.3 Å². The molecule has 1 amide bonds. The quantitative estimate of drug-likeness (QED) is 0.705. The molecule has 0 bridgehead atoms. The lowest BCUT2D eigenvalue weighted by atomic mass is 10.00. The minimum atomic E-state index is -0.0426. The second-order valence-electron chi connectivity index (χ2n) is 7.93. The summed E-state index contributed by atoms with van der Waals surface area (Å²) in [5.74, 6) is 0.387. The van der Waals surface area contributed by atoms with Gasteiger partial charge >= 0.3 is 0 Å². The molecule has 8 nitrogen and oxygen atoms in total. The van der Waals surface area contributed by atoms with Crippen LogP contribution < -0.4 is 0 Å². The lowest BCUT2D eigenvalue weighted by Gasteiger charge is -2.38. The van der Waals surface area contributed by atoms with Crippen LogP contribution in [0.25, 0.3) is 17.1 Å². The van der Waals surface area contributed by atoms with Gasteiger partial charge in [-0.25, -0.2) is 9.67 Å². The van der Waals surface area contributed by atoms with Crippen LogP contribution in [0.1, 0.15) is 28.4 Å². The number of aromatic nitrogens is 3. The maximum Gasteiger partial charge on any atom is 0.255 e. The van der Waals surface area contributed by atoms with Gasteiger partial charge in [0.15, 0.2) is 11.6 Å². The molecule has 1 fully saturated rings. The Balaban J connectivity index is 1.61. The van der Waals surface area contributed by atoms with E-state index in [1.807, 2.05) is 24.8 Å². The van der Waals surface area contributed by atoms with Crippen LogP contribution in [0.2, 0.25) is 0 Å². The van der Waals surface area contributed by atoms with E-state index in [-0.39, 0.29) is 17.7 Å². The number of hydrogen-bond acceptors (Lipinski definition) is 6. The Bertz CT molecular complexity index is 1160. The van der Waals surface area contributed by atoms with Gasteiger partial charge in [0.2, 0.25) is 0 Å². The predicted molar refractivity (Wildman–Crippen MR) is 116 cm³/mol. The van der Waals surface area contributed by atoms with Gasteiger partial charge in [-0.3, -0.25) is 4.79 Å². The molecular weight excluding hydrogens is 392 g/mol. The number of likely N-dealkylation sites (N-methyl/N-ethyl adjacent to an activating group) is 1. The first-order valence-electron chi connectivity index (χ1n) is 10.1. The molecule has 4 rings (SSSR count). The molecule has 1 atom stereocenters.